The first-order valence-corrected chi connectivity index (χ1v) is 9.02. The van der Waals surface area contributed by atoms with Crippen molar-refractivity contribution >= 4 is 28.9 Å². The van der Waals surface area contributed by atoms with Crippen LogP contribution in [0.25, 0.3) is 0 Å². The fourth-order valence-corrected chi connectivity index (χ4v) is 2.98. The number of likely N-dealkylation sites (N-methyl/N-ethyl adjacent to an activating group) is 1. The molecule has 6 heteroatoms. The van der Waals surface area contributed by atoms with Gasteiger partial charge in [-0.1, -0.05) is 37.6 Å². The molecule has 0 aliphatic carbocycles. The number of rotatable bonds is 5. The lowest BCUT2D eigenvalue weighted by Crippen LogP contribution is -2.30. The van der Waals surface area contributed by atoms with Gasteiger partial charge in [-0.05, 0) is 23.6 Å². The van der Waals surface area contributed by atoms with Crippen molar-refractivity contribution in [3.63, 3.8) is 0 Å². The Bertz CT molecular complexity index is 808. The lowest BCUT2D eigenvalue weighted by molar-refractivity contribution is -0.114. The standard InChI is InChI=1S/C20H23ClN2O3/c1-13(2)14-5-4-6-15(9-14)23(3)12-20(24)22-17-11-19-18(10-16(17)21)25-7-8-26-19/h4-6,9-11,13H,7-8,12H2,1-3H3,(H,22,24). The minimum absolute atomic E-state index is 0.152. The van der Waals surface area contributed by atoms with Crippen molar-refractivity contribution < 1.29 is 14.3 Å². The predicted molar refractivity (Wildman–Crippen MR) is 105 cm³/mol. The number of hydrogen-bond acceptors (Lipinski definition) is 4. The summed E-state index contributed by atoms with van der Waals surface area (Å²) < 4.78 is 11.0. The Kier molecular flexibility index (Phi) is 5.57. The first-order valence-electron chi connectivity index (χ1n) is 8.64. The van der Waals surface area contributed by atoms with Gasteiger partial charge in [0.05, 0.1) is 17.3 Å². The molecule has 3 rings (SSSR count). The molecule has 0 atom stereocenters. The smallest absolute Gasteiger partial charge is 0.243 e. The van der Waals surface area contributed by atoms with E-state index in [-0.39, 0.29) is 12.5 Å². The van der Waals surface area contributed by atoms with E-state index in [0.29, 0.717) is 41.3 Å². The van der Waals surface area contributed by atoms with Crippen LogP contribution in [0.1, 0.15) is 25.3 Å². The minimum atomic E-state index is -0.152. The van der Waals surface area contributed by atoms with Crippen LogP contribution in [-0.4, -0.2) is 32.7 Å². The van der Waals surface area contributed by atoms with Gasteiger partial charge in [0.25, 0.3) is 0 Å². The molecule has 0 saturated carbocycles. The third-order valence-electron chi connectivity index (χ3n) is 4.26. The Morgan fingerprint density at radius 1 is 1.19 bits per heavy atom. The third kappa shape index (κ3) is 4.22. The van der Waals surface area contributed by atoms with Crippen LogP contribution in [0.3, 0.4) is 0 Å². The Morgan fingerprint density at radius 2 is 1.88 bits per heavy atom. The number of ether oxygens (including phenoxy) is 2. The van der Waals surface area contributed by atoms with Gasteiger partial charge in [0.15, 0.2) is 11.5 Å². The summed E-state index contributed by atoms with van der Waals surface area (Å²) in [5, 5.41) is 3.27. The molecular formula is C20H23ClN2O3. The molecule has 26 heavy (non-hydrogen) atoms. The lowest BCUT2D eigenvalue weighted by Gasteiger charge is -2.22. The van der Waals surface area contributed by atoms with Crippen LogP contribution < -0.4 is 19.7 Å². The topological polar surface area (TPSA) is 50.8 Å². The zero-order valence-corrected chi connectivity index (χ0v) is 16.0. The van der Waals surface area contributed by atoms with E-state index in [2.05, 4.69) is 31.3 Å². The van der Waals surface area contributed by atoms with Crippen molar-refractivity contribution in [1.82, 2.24) is 0 Å². The molecule has 0 spiro atoms. The molecule has 1 aliphatic rings. The number of nitrogens with zero attached hydrogens (tertiary/aromatic N) is 1. The van der Waals surface area contributed by atoms with E-state index in [9.17, 15) is 4.79 Å². The molecule has 0 radical (unpaired) electrons. The van der Waals surface area contributed by atoms with Crippen molar-refractivity contribution in [2.24, 2.45) is 0 Å². The van der Waals surface area contributed by atoms with Crippen molar-refractivity contribution in [2.75, 3.05) is 37.0 Å². The van der Waals surface area contributed by atoms with Crippen LogP contribution in [0.2, 0.25) is 5.02 Å². The number of anilines is 2. The predicted octanol–water partition coefficient (Wildman–Crippen LogP) is 4.31. The minimum Gasteiger partial charge on any atom is -0.486 e. The largest absolute Gasteiger partial charge is 0.486 e. The van der Waals surface area contributed by atoms with Gasteiger partial charge in [-0.3, -0.25) is 4.79 Å². The summed E-state index contributed by atoms with van der Waals surface area (Å²) >= 11 is 6.25. The Balaban J connectivity index is 1.68. The molecule has 2 aromatic carbocycles. The van der Waals surface area contributed by atoms with Crippen LogP contribution in [0.5, 0.6) is 11.5 Å². The lowest BCUT2D eigenvalue weighted by atomic mass is 10.0. The summed E-state index contributed by atoms with van der Waals surface area (Å²) in [5.41, 5.74) is 2.76. The van der Waals surface area contributed by atoms with Crippen LogP contribution >= 0.6 is 11.6 Å². The second kappa shape index (κ2) is 7.87. The molecule has 0 bridgehead atoms. The third-order valence-corrected chi connectivity index (χ3v) is 4.58. The van der Waals surface area contributed by atoms with Crippen LogP contribution in [0.15, 0.2) is 36.4 Å². The van der Waals surface area contributed by atoms with Gasteiger partial charge >= 0.3 is 0 Å². The van der Waals surface area contributed by atoms with Gasteiger partial charge in [-0.15, -0.1) is 0 Å². The molecule has 2 aromatic rings. The van der Waals surface area contributed by atoms with E-state index in [1.54, 1.807) is 12.1 Å². The Labute approximate surface area is 158 Å². The molecule has 0 unspecified atom stereocenters. The van der Waals surface area contributed by atoms with E-state index in [4.69, 9.17) is 21.1 Å². The van der Waals surface area contributed by atoms with Crippen molar-refractivity contribution in [1.29, 1.82) is 0 Å². The van der Waals surface area contributed by atoms with E-state index in [1.165, 1.54) is 5.56 Å². The number of carbonyl (C=O) groups excluding carboxylic acids is 1. The highest BCUT2D eigenvalue weighted by Gasteiger charge is 2.17. The molecule has 5 nitrogen and oxygen atoms in total. The zero-order valence-electron chi connectivity index (χ0n) is 15.2. The molecule has 0 fully saturated rings. The van der Waals surface area contributed by atoms with E-state index in [1.807, 2.05) is 24.1 Å². The number of carbonyl (C=O) groups is 1. The Hall–Kier alpha value is -2.40. The molecule has 1 N–H and O–H groups in total. The SMILES string of the molecule is CC(C)c1cccc(N(C)CC(=O)Nc2cc3c(cc2Cl)OCCO3)c1. The highest BCUT2D eigenvalue weighted by Crippen LogP contribution is 2.37. The Morgan fingerprint density at radius 3 is 2.58 bits per heavy atom. The van der Waals surface area contributed by atoms with Crippen molar-refractivity contribution in [2.45, 2.75) is 19.8 Å². The highest BCUT2D eigenvalue weighted by atomic mass is 35.5. The number of benzene rings is 2. The maximum Gasteiger partial charge on any atom is 0.243 e. The first-order chi connectivity index (χ1) is 12.4. The van der Waals surface area contributed by atoms with Crippen molar-refractivity contribution in [3.05, 3.63) is 47.0 Å². The van der Waals surface area contributed by atoms with Crippen LogP contribution in [0.4, 0.5) is 11.4 Å². The van der Waals surface area contributed by atoms with Crippen molar-refractivity contribution in [3.8, 4) is 11.5 Å². The monoisotopic (exact) mass is 374 g/mol. The summed E-state index contributed by atoms with van der Waals surface area (Å²) in [6.45, 7) is 5.49. The second-order valence-electron chi connectivity index (χ2n) is 6.63. The first kappa shape index (κ1) is 18.4. The fraction of sp³-hybridized carbons (Fsp3) is 0.350. The van der Waals surface area contributed by atoms with Gasteiger partial charge in [-0.25, -0.2) is 0 Å². The summed E-state index contributed by atoms with van der Waals surface area (Å²) in [4.78, 5) is 14.4. The van der Waals surface area contributed by atoms with Gasteiger partial charge in [0, 0.05) is 24.9 Å². The van der Waals surface area contributed by atoms with Crippen LogP contribution in [-0.2, 0) is 4.79 Å². The van der Waals surface area contributed by atoms with E-state index in [0.717, 1.165) is 5.69 Å². The van der Waals surface area contributed by atoms with E-state index >= 15 is 0 Å². The number of halogens is 1. The summed E-state index contributed by atoms with van der Waals surface area (Å²) in [6.07, 6.45) is 0. The van der Waals surface area contributed by atoms with E-state index < -0.39 is 0 Å². The average molecular weight is 375 g/mol. The van der Waals surface area contributed by atoms with Gasteiger partial charge < -0.3 is 19.7 Å². The fourth-order valence-electron chi connectivity index (χ4n) is 2.78. The zero-order chi connectivity index (χ0) is 18.7. The quantitative estimate of drug-likeness (QED) is 0.847. The normalized spacial score (nSPS) is 12.8. The molecular weight excluding hydrogens is 352 g/mol. The molecule has 1 heterocycles. The molecule has 138 valence electrons. The maximum atomic E-state index is 12.5. The molecule has 0 aromatic heterocycles. The number of nitrogens with one attached hydrogen (secondary N) is 1. The molecule has 1 amide bonds. The summed E-state index contributed by atoms with van der Waals surface area (Å²) in [7, 11) is 1.89. The average Bonchev–Trinajstić information content (AvgIpc) is 2.62. The maximum absolute atomic E-state index is 12.5. The van der Waals surface area contributed by atoms with Gasteiger partial charge in [0.1, 0.15) is 13.2 Å². The number of amides is 1. The second-order valence-corrected chi connectivity index (χ2v) is 7.04. The molecule has 0 saturated heterocycles. The number of fused-ring (bicyclic) bond motifs is 1. The van der Waals surface area contributed by atoms with Gasteiger partial charge in [-0.2, -0.15) is 0 Å². The molecule has 1 aliphatic heterocycles. The highest BCUT2D eigenvalue weighted by molar-refractivity contribution is 6.34. The van der Waals surface area contributed by atoms with Crippen LogP contribution in [0, 0.1) is 0 Å². The van der Waals surface area contributed by atoms with Gasteiger partial charge in [0.2, 0.25) is 5.91 Å². The summed E-state index contributed by atoms with van der Waals surface area (Å²) in [5.74, 6) is 1.48. The number of hydrogen-bond donors (Lipinski definition) is 1. The summed E-state index contributed by atoms with van der Waals surface area (Å²) in [6, 6.07) is 11.6.